The van der Waals surface area contributed by atoms with Crippen LogP contribution >= 0.6 is 0 Å². The molecule has 25 heavy (non-hydrogen) atoms. The third kappa shape index (κ3) is 1.89. The molecule has 5 nitrogen and oxygen atoms in total. The van der Waals surface area contributed by atoms with E-state index in [2.05, 4.69) is 11.1 Å². The van der Waals surface area contributed by atoms with E-state index in [1.165, 1.54) is 0 Å². The average Bonchev–Trinajstić information content (AvgIpc) is 3.01. The second kappa shape index (κ2) is 4.83. The molecule has 0 saturated carbocycles. The summed E-state index contributed by atoms with van der Waals surface area (Å²) >= 11 is 0. The van der Waals surface area contributed by atoms with Crippen LogP contribution in [-0.4, -0.2) is 22.7 Å². The highest BCUT2D eigenvalue weighted by Crippen LogP contribution is 2.37. The second-order valence-corrected chi connectivity index (χ2v) is 6.31. The molecule has 1 atom stereocenters. The van der Waals surface area contributed by atoms with Crippen molar-refractivity contribution in [2.24, 2.45) is 10.7 Å². The van der Waals surface area contributed by atoms with Gasteiger partial charge in [0.1, 0.15) is 5.75 Å². The molecule has 5 heteroatoms. The Morgan fingerprint density at radius 1 is 1.24 bits per heavy atom. The van der Waals surface area contributed by atoms with Crippen LogP contribution < -0.4 is 20.9 Å². The van der Waals surface area contributed by atoms with E-state index in [1.54, 1.807) is 6.21 Å². The second-order valence-electron chi connectivity index (χ2n) is 6.31. The minimum absolute atomic E-state index is 0.166. The van der Waals surface area contributed by atoms with Crippen LogP contribution in [0.2, 0.25) is 0 Å². The molecule has 1 amide bonds. The highest BCUT2D eigenvalue weighted by molar-refractivity contribution is 6.11. The molecule has 0 radical (unpaired) electrons. The normalized spacial score (nSPS) is 23.9. The Morgan fingerprint density at radius 3 is 3.00 bits per heavy atom. The number of nitrogens with two attached hydrogens (primary N) is 1. The number of allylic oxidation sites excluding steroid dienone is 4. The number of hydrogen-bond acceptors (Lipinski definition) is 4. The van der Waals surface area contributed by atoms with Gasteiger partial charge in [0.2, 0.25) is 11.6 Å². The highest BCUT2D eigenvalue weighted by atomic mass is 16.5. The first-order valence-electron chi connectivity index (χ1n) is 8.10. The molecule has 1 aromatic rings. The summed E-state index contributed by atoms with van der Waals surface area (Å²) in [6.45, 7) is 0. The fourth-order valence-corrected chi connectivity index (χ4v) is 3.71. The molecule has 2 N–H and O–H groups in total. The van der Waals surface area contributed by atoms with Gasteiger partial charge in [-0.25, -0.2) is 0 Å². The van der Waals surface area contributed by atoms with Crippen molar-refractivity contribution in [1.29, 1.82) is 0 Å². The molecule has 122 valence electrons. The molecule has 0 fully saturated rings. The number of fused-ring (bicyclic) bond motifs is 3. The smallest absolute Gasteiger partial charge is 0.232 e. The van der Waals surface area contributed by atoms with Crippen LogP contribution in [0.15, 0.2) is 65.5 Å². The van der Waals surface area contributed by atoms with Gasteiger partial charge in [0.15, 0.2) is 0 Å². The van der Waals surface area contributed by atoms with Crippen molar-refractivity contribution in [3.05, 3.63) is 70.9 Å². The van der Waals surface area contributed by atoms with Gasteiger partial charge in [-0.1, -0.05) is 12.2 Å². The number of primary amides is 1. The molecule has 5 rings (SSSR count). The number of carbonyl (C=O) groups is 1. The van der Waals surface area contributed by atoms with Gasteiger partial charge in [-0.3, -0.25) is 9.79 Å². The van der Waals surface area contributed by atoms with E-state index in [1.807, 2.05) is 59.8 Å². The largest absolute Gasteiger partial charge is 0.459 e. The van der Waals surface area contributed by atoms with E-state index in [0.29, 0.717) is 0 Å². The Morgan fingerprint density at radius 2 is 2.12 bits per heavy atom. The molecule has 1 aromatic carbocycles. The zero-order valence-electron chi connectivity index (χ0n) is 13.3. The van der Waals surface area contributed by atoms with Crippen molar-refractivity contribution in [2.45, 2.75) is 12.1 Å². The van der Waals surface area contributed by atoms with Gasteiger partial charge in [-0.2, -0.15) is 0 Å². The van der Waals surface area contributed by atoms with Gasteiger partial charge in [0.25, 0.3) is 0 Å². The zero-order chi connectivity index (χ0) is 17.0. The fourth-order valence-electron chi connectivity index (χ4n) is 3.71. The number of amides is 1. The molecule has 0 saturated heterocycles. The van der Waals surface area contributed by atoms with Crippen molar-refractivity contribution >= 4 is 29.5 Å². The Balaban J connectivity index is 1.78. The van der Waals surface area contributed by atoms with E-state index < -0.39 is 5.72 Å². The molecule has 0 aromatic heterocycles. The quantitative estimate of drug-likeness (QED) is 0.885. The Bertz CT molecular complexity index is 1090. The molecule has 4 aliphatic heterocycles. The number of ether oxygens (including phenoxy) is 1. The molecule has 4 aliphatic rings. The third-order valence-electron chi connectivity index (χ3n) is 4.79. The summed E-state index contributed by atoms with van der Waals surface area (Å²) in [5.74, 6) is 0.398. The minimum atomic E-state index is -0.659. The van der Waals surface area contributed by atoms with E-state index in [9.17, 15) is 4.79 Å². The zero-order valence-corrected chi connectivity index (χ0v) is 13.3. The van der Waals surface area contributed by atoms with Gasteiger partial charge < -0.3 is 15.4 Å². The SMILES string of the molecule is NC(=O)CC1=c2c(ccc3c2=CC2=CC=CN4C=CC=CC24O3)N=C1. The summed E-state index contributed by atoms with van der Waals surface area (Å²) in [4.78, 5) is 17.9. The maximum Gasteiger partial charge on any atom is 0.232 e. The van der Waals surface area contributed by atoms with Crippen molar-refractivity contribution in [3.8, 4) is 5.75 Å². The van der Waals surface area contributed by atoms with Crippen LogP contribution in [0.3, 0.4) is 0 Å². The molecule has 0 aliphatic carbocycles. The summed E-state index contributed by atoms with van der Waals surface area (Å²) in [7, 11) is 0. The number of carbonyl (C=O) groups excluding carboxylic acids is 1. The van der Waals surface area contributed by atoms with Gasteiger partial charge in [0, 0.05) is 34.6 Å². The molecule has 0 bridgehead atoms. The number of nitrogens with zero attached hydrogens (tertiary/aromatic N) is 2. The van der Waals surface area contributed by atoms with Gasteiger partial charge >= 0.3 is 0 Å². The number of benzene rings is 1. The van der Waals surface area contributed by atoms with Crippen molar-refractivity contribution in [2.75, 3.05) is 0 Å². The lowest BCUT2D eigenvalue weighted by Gasteiger charge is -2.44. The van der Waals surface area contributed by atoms with Gasteiger partial charge in [0.05, 0.1) is 12.1 Å². The number of hydrogen-bond donors (Lipinski definition) is 1. The summed E-state index contributed by atoms with van der Waals surface area (Å²) in [5, 5.41) is 1.88. The molecular weight excluding hydrogens is 314 g/mol. The van der Waals surface area contributed by atoms with E-state index in [0.717, 1.165) is 33.0 Å². The highest BCUT2D eigenvalue weighted by Gasteiger charge is 2.42. The summed E-state index contributed by atoms with van der Waals surface area (Å²) < 4.78 is 6.46. The first-order valence-corrected chi connectivity index (χ1v) is 8.10. The van der Waals surface area contributed by atoms with Crippen LogP contribution in [0.5, 0.6) is 5.75 Å². The standard InChI is InChI=1S/C20H15N3O2/c21-18(24)10-13-12-22-16-5-6-17-15(19(13)16)11-14-4-3-9-23-8-2-1-7-20(14,23)25-17/h1-9,11-12H,10H2,(H2,21,24). The summed E-state index contributed by atoms with van der Waals surface area (Å²) in [6, 6.07) is 3.85. The van der Waals surface area contributed by atoms with Crippen LogP contribution in [0.25, 0.3) is 11.6 Å². The number of rotatable bonds is 2. The minimum Gasteiger partial charge on any atom is -0.459 e. The van der Waals surface area contributed by atoms with Gasteiger partial charge in [-0.05, 0) is 42.0 Å². The van der Waals surface area contributed by atoms with Gasteiger partial charge in [-0.15, -0.1) is 0 Å². The lowest BCUT2D eigenvalue weighted by atomic mass is 9.91. The van der Waals surface area contributed by atoms with Crippen LogP contribution in [0.4, 0.5) is 5.69 Å². The third-order valence-corrected chi connectivity index (χ3v) is 4.79. The monoisotopic (exact) mass is 329 g/mol. The molecule has 1 unspecified atom stereocenters. The predicted octanol–water partition coefficient (Wildman–Crippen LogP) is 1.14. The first kappa shape index (κ1) is 14.0. The van der Waals surface area contributed by atoms with Crippen molar-refractivity contribution in [1.82, 2.24) is 4.90 Å². The predicted molar refractivity (Wildman–Crippen MR) is 96.2 cm³/mol. The summed E-state index contributed by atoms with van der Waals surface area (Å²) in [5.41, 5.74) is 7.43. The molecule has 1 spiro atoms. The summed E-state index contributed by atoms with van der Waals surface area (Å²) in [6.07, 6.45) is 18.0. The Labute approximate surface area is 144 Å². The van der Waals surface area contributed by atoms with E-state index in [-0.39, 0.29) is 12.3 Å². The number of aliphatic imine (C=N–C) groups is 1. The topological polar surface area (TPSA) is 67.9 Å². The van der Waals surface area contributed by atoms with Crippen molar-refractivity contribution in [3.63, 3.8) is 0 Å². The lowest BCUT2D eigenvalue weighted by molar-refractivity contribution is -0.117. The maximum absolute atomic E-state index is 11.4. The maximum atomic E-state index is 11.4. The van der Waals surface area contributed by atoms with Crippen LogP contribution in [-0.2, 0) is 4.79 Å². The fraction of sp³-hybridized carbons (Fsp3) is 0.100. The lowest BCUT2D eigenvalue weighted by Crippen LogP contribution is -2.53. The van der Waals surface area contributed by atoms with Crippen LogP contribution in [0, 0.1) is 0 Å². The van der Waals surface area contributed by atoms with Crippen molar-refractivity contribution < 1.29 is 9.53 Å². The molecule has 4 heterocycles. The Kier molecular flexibility index (Phi) is 2.71. The molecular formula is C20H15N3O2. The Hall–Kier alpha value is -3.34. The average molecular weight is 329 g/mol. The van der Waals surface area contributed by atoms with E-state index in [4.69, 9.17) is 10.5 Å². The van der Waals surface area contributed by atoms with E-state index >= 15 is 0 Å². The first-order chi connectivity index (χ1) is 12.2. The van der Waals surface area contributed by atoms with Crippen LogP contribution in [0.1, 0.15) is 6.42 Å².